The Balaban J connectivity index is 0.969. The van der Waals surface area contributed by atoms with Gasteiger partial charge in [0.15, 0.2) is 0 Å². The fraction of sp³-hybridized carbons (Fsp3) is 0. The van der Waals surface area contributed by atoms with E-state index in [1.807, 2.05) is 12.1 Å². The van der Waals surface area contributed by atoms with E-state index in [0.717, 1.165) is 50.3 Å². The van der Waals surface area contributed by atoms with E-state index in [-0.39, 0.29) is 0 Å². The smallest absolute Gasteiger partial charge is 0.137 e. The van der Waals surface area contributed by atoms with E-state index in [1.165, 1.54) is 60.4 Å². The van der Waals surface area contributed by atoms with Crippen molar-refractivity contribution in [2.75, 3.05) is 4.90 Å². The normalized spacial score (nSPS) is 11.6. The Bertz CT molecular complexity index is 3520. The van der Waals surface area contributed by atoms with E-state index in [9.17, 15) is 0 Å². The Morgan fingerprint density at radius 2 is 0.754 bits per heavy atom. The summed E-state index contributed by atoms with van der Waals surface area (Å²) in [6.45, 7) is 0. The number of para-hydroxylation sites is 4. The number of furan rings is 1. The zero-order chi connectivity index (χ0) is 40.3. The second-order valence-corrected chi connectivity index (χ2v) is 15.7. The third-order valence-corrected chi connectivity index (χ3v) is 12.2. The summed E-state index contributed by atoms with van der Waals surface area (Å²) in [7, 11) is 0. The van der Waals surface area contributed by atoms with Gasteiger partial charge in [0, 0.05) is 50.2 Å². The van der Waals surface area contributed by atoms with Gasteiger partial charge in [0.05, 0.1) is 16.7 Å². The Labute approximate surface area is 353 Å². The first-order chi connectivity index (χ1) is 30.3. The van der Waals surface area contributed by atoms with Crippen LogP contribution in [0.4, 0.5) is 17.1 Å². The van der Waals surface area contributed by atoms with Crippen LogP contribution in [0.3, 0.4) is 0 Å². The van der Waals surface area contributed by atoms with Gasteiger partial charge < -0.3 is 13.9 Å². The average Bonchev–Trinajstić information content (AvgIpc) is 3.87. The summed E-state index contributed by atoms with van der Waals surface area (Å²) in [5, 5.41) is 7.22. The molecule has 12 aromatic rings. The first kappa shape index (κ1) is 34.9. The van der Waals surface area contributed by atoms with E-state index in [1.54, 1.807) is 0 Å². The second-order valence-electron chi connectivity index (χ2n) is 15.7. The van der Waals surface area contributed by atoms with Gasteiger partial charge in [0.25, 0.3) is 0 Å². The summed E-state index contributed by atoms with van der Waals surface area (Å²) in [6, 6.07) is 82.8. The molecule has 0 saturated carbocycles. The molecule has 0 N–H and O–H groups in total. The molecule has 0 saturated heterocycles. The molecule has 2 aromatic heterocycles. The fourth-order valence-electron chi connectivity index (χ4n) is 9.40. The first-order valence-corrected chi connectivity index (χ1v) is 20.8. The number of nitrogens with zero attached hydrogens (tertiary/aromatic N) is 2. The van der Waals surface area contributed by atoms with Gasteiger partial charge in [-0.2, -0.15) is 0 Å². The molecule has 0 fully saturated rings. The molecular weight excluding hydrogens is 741 g/mol. The zero-order valence-corrected chi connectivity index (χ0v) is 33.2. The van der Waals surface area contributed by atoms with E-state index in [0.29, 0.717) is 0 Å². The predicted molar refractivity (Wildman–Crippen MR) is 257 cm³/mol. The lowest BCUT2D eigenvalue weighted by Crippen LogP contribution is -2.09. The summed E-state index contributed by atoms with van der Waals surface area (Å²) < 4.78 is 8.84. The lowest BCUT2D eigenvalue weighted by atomic mass is 9.92. The van der Waals surface area contributed by atoms with Gasteiger partial charge in [-0.15, -0.1) is 0 Å². The molecule has 3 heteroatoms. The predicted octanol–water partition coefficient (Wildman–Crippen LogP) is 16.3. The molecule has 0 aliphatic heterocycles. The van der Waals surface area contributed by atoms with Gasteiger partial charge >= 0.3 is 0 Å². The molecule has 0 aliphatic rings. The topological polar surface area (TPSA) is 21.3 Å². The highest BCUT2D eigenvalue weighted by Crippen LogP contribution is 2.42. The van der Waals surface area contributed by atoms with Gasteiger partial charge in [-0.1, -0.05) is 164 Å². The maximum absolute atomic E-state index is 6.43. The minimum atomic E-state index is 0.863. The largest absolute Gasteiger partial charge is 0.456 e. The molecule has 10 aromatic carbocycles. The van der Waals surface area contributed by atoms with Crippen LogP contribution in [0.1, 0.15) is 0 Å². The van der Waals surface area contributed by atoms with Crippen LogP contribution in [0.15, 0.2) is 235 Å². The van der Waals surface area contributed by atoms with Crippen molar-refractivity contribution in [1.29, 1.82) is 0 Å². The van der Waals surface area contributed by atoms with Crippen LogP contribution in [0.2, 0.25) is 0 Å². The van der Waals surface area contributed by atoms with Crippen LogP contribution in [0.5, 0.6) is 0 Å². The Hall–Kier alpha value is -8.14. The highest BCUT2D eigenvalue weighted by molar-refractivity contribution is 6.10. The Morgan fingerprint density at radius 3 is 1.39 bits per heavy atom. The van der Waals surface area contributed by atoms with Gasteiger partial charge in [-0.25, -0.2) is 0 Å². The maximum Gasteiger partial charge on any atom is 0.137 e. The summed E-state index contributed by atoms with van der Waals surface area (Å²) in [6.07, 6.45) is 0. The molecule has 0 atom stereocenters. The van der Waals surface area contributed by atoms with E-state index in [4.69, 9.17) is 4.42 Å². The van der Waals surface area contributed by atoms with Crippen molar-refractivity contribution >= 4 is 71.6 Å². The van der Waals surface area contributed by atoms with E-state index < -0.39 is 0 Å². The molecule has 0 bridgehead atoms. The fourth-order valence-corrected chi connectivity index (χ4v) is 9.40. The summed E-state index contributed by atoms with van der Waals surface area (Å²) in [5.41, 5.74) is 15.6. The van der Waals surface area contributed by atoms with Crippen LogP contribution in [0, 0.1) is 0 Å². The summed E-state index contributed by atoms with van der Waals surface area (Å²) >= 11 is 0. The van der Waals surface area contributed by atoms with Crippen molar-refractivity contribution in [1.82, 2.24) is 4.57 Å². The first-order valence-electron chi connectivity index (χ1n) is 20.8. The molecule has 0 spiro atoms. The molecule has 2 heterocycles. The van der Waals surface area contributed by atoms with Crippen molar-refractivity contribution in [3.8, 4) is 39.1 Å². The number of hydrogen-bond acceptors (Lipinski definition) is 2. The van der Waals surface area contributed by atoms with Crippen molar-refractivity contribution < 1.29 is 4.42 Å². The summed E-state index contributed by atoms with van der Waals surface area (Å²) in [5.74, 6) is 0. The van der Waals surface area contributed by atoms with Gasteiger partial charge in [0.2, 0.25) is 0 Å². The van der Waals surface area contributed by atoms with E-state index in [2.05, 4.69) is 228 Å². The molecule has 0 radical (unpaired) electrons. The lowest BCUT2D eigenvalue weighted by molar-refractivity contribution is 0.669. The number of anilines is 3. The maximum atomic E-state index is 6.43. The van der Waals surface area contributed by atoms with Crippen molar-refractivity contribution in [2.45, 2.75) is 0 Å². The highest BCUT2D eigenvalue weighted by atomic mass is 16.3. The lowest BCUT2D eigenvalue weighted by Gasteiger charge is -2.26. The minimum absolute atomic E-state index is 0.863. The third kappa shape index (κ3) is 5.82. The molecule has 0 aliphatic carbocycles. The minimum Gasteiger partial charge on any atom is -0.456 e. The molecule has 61 heavy (non-hydrogen) atoms. The Morgan fingerprint density at radius 1 is 0.295 bits per heavy atom. The quantitative estimate of drug-likeness (QED) is 0.161. The molecule has 286 valence electrons. The van der Waals surface area contributed by atoms with Gasteiger partial charge in [0.1, 0.15) is 11.2 Å². The molecule has 0 amide bonds. The Kier molecular flexibility index (Phi) is 8.17. The van der Waals surface area contributed by atoms with Crippen LogP contribution in [0.25, 0.3) is 93.6 Å². The molecule has 0 unspecified atom stereocenters. The second kappa shape index (κ2) is 14.3. The number of benzene rings is 10. The SMILES string of the molecule is c1ccc(-c2ccc(-c3ccc(N(c4ccc(-c5ccccc5-n5c6ccccc6c6ccccc65)cc4)c4ccc5c(c4)oc4ccccc45)cc3)c3ccccc23)cc1. The van der Waals surface area contributed by atoms with Crippen LogP contribution in [-0.4, -0.2) is 4.57 Å². The van der Waals surface area contributed by atoms with Gasteiger partial charge in [-0.05, 0) is 99.3 Å². The number of aromatic nitrogens is 1. The van der Waals surface area contributed by atoms with Crippen molar-refractivity contribution in [2.24, 2.45) is 0 Å². The number of hydrogen-bond donors (Lipinski definition) is 0. The molecule has 12 rings (SSSR count). The van der Waals surface area contributed by atoms with Crippen molar-refractivity contribution in [3.63, 3.8) is 0 Å². The monoisotopic (exact) mass is 778 g/mol. The van der Waals surface area contributed by atoms with Crippen molar-refractivity contribution in [3.05, 3.63) is 231 Å². The summed E-state index contributed by atoms with van der Waals surface area (Å²) in [4.78, 5) is 2.33. The van der Waals surface area contributed by atoms with Crippen LogP contribution < -0.4 is 4.90 Å². The van der Waals surface area contributed by atoms with E-state index >= 15 is 0 Å². The molecule has 3 nitrogen and oxygen atoms in total. The number of fused-ring (bicyclic) bond motifs is 7. The zero-order valence-electron chi connectivity index (χ0n) is 33.2. The van der Waals surface area contributed by atoms with Crippen LogP contribution in [-0.2, 0) is 0 Å². The average molecular weight is 779 g/mol. The van der Waals surface area contributed by atoms with Crippen LogP contribution >= 0.6 is 0 Å². The third-order valence-electron chi connectivity index (χ3n) is 12.2. The number of rotatable bonds is 7. The van der Waals surface area contributed by atoms with Gasteiger partial charge in [-0.3, -0.25) is 0 Å². The standard InChI is InChI=1S/C58H38N2O/c1-2-14-39(15-3-1)45-36-37-46(49-18-5-4-17-48(45)49)40-26-30-42(31-27-40)59(44-34-35-53-52-21-9-13-25-57(52)61-58(53)38-44)43-32-28-41(29-33-43)47-16-6-10-22-54(47)60-55-23-11-7-19-50(55)51-20-8-12-24-56(51)60/h1-38H. The molecular formula is C58H38N2O. The highest BCUT2D eigenvalue weighted by Gasteiger charge is 2.19.